The van der Waals surface area contributed by atoms with E-state index in [0.29, 0.717) is 5.69 Å². The van der Waals surface area contributed by atoms with Crippen molar-refractivity contribution in [3.05, 3.63) is 53.1 Å². The minimum absolute atomic E-state index is 0.0116. The predicted molar refractivity (Wildman–Crippen MR) is 82.0 cm³/mol. The van der Waals surface area contributed by atoms with Gasteiger partial charge in [-0.3, -0.25) is 0 Å². The Bertz CT molecular complexity index is 693. The quantitative estimate of drug-likeness (QED) is 0.532. The number of phenols is 1. The summed E-state index contributed by atoms with van der Waals surface area (Å²) in [6, 6.07) is 8.39. The molecule has 0 bridgehead atoms. The van der Waals surface area contributed by atoms with Crippen molar-refractivity contribution in [1.82, 2.24) is 0 Å². The lowest BCUT2D eigenvalue weighted by Gasteiger charge is -1.99. The number of anilines is 2. The molecule has 0 aromatic heterocycles. The maximum absolute atomic E-state index is 10.4. The Kier molecular flexibility index (Phi) is 5.34. The number of nitrogen functional groups attached to an aromatic ring is 2. The number of aryl methyl sites for hydroxylation is 1. The topological polar surface area (TPSA) is 147 Å². The smallest absolute Gasteiger partial charge is 0.335 e. The number of aromatic carboxylic acids is 2. The molecule has 0 radical (unpaired) electrons. The van der Waals surface area contributed by atoms with Crippen molar-refractivity contribution in [2.75, 3.05) is 11.5 Å². The molecule has 0 spiro atoms. The maximum Gasteiger partial charge on any atom is 0.335 e. The van der Waals surface area contributed by atoms with Crippen molar-refractivity contribution < 1.29 is 24.9 Å². The van der Waals surface area contributed by atoms with Crippen LogP contribution in [0.1, 0.15) is 26.3 Å². The molecular weight excluding hydrogens is 288 g/mol. The molecule has 2 aromatic carbocycles. The third-order valence-electron chi connectivity index (χ3n) is 2.71. The number of carboxylic acids is 2. The molecule has 0 saturated heterocycles. The Balaban J connectivity index is 0.000000220. The van der Waals surface area contributed by atoms with Crippen LogP contribution in [0.5, 0.6) is 5.75 Å². The summed E-state index contributed by atoms with van der Waals surface area (Å²) in [6.45, 7) is 1.83. The second-order valence-corrected chi connectivity index (χ2v) is 4.49. The van der Waals surface area contributed by atoms with Crippen LogP contribution in [-0.4, -0.2) is 27.3 Å². The first-order chi connectivity index (χ1) is 10.2. The van der Waals surface area contributed by atoms with Crippen LogP contribution < -0.4 is 11.5 Å². The zero-order valence-electron chi connectivity index (χ0n) is 11.8. The van der Waals surface area contributed by atoms with E-state index < -0.39 is 11.9 Å². The van der Waals surface area contributed by atoms with E-state index in [2.05, 4.69) is 0 Å². The molecule has 0 heterocycles. The van der Waals surface area contributed by atoms with Gasteiger partial charge in [0.1, 0.15) is 5.75 Å². The highest BCUT2D eigenvalue weighted by Crippen LogP contribution is 2.16. The molecule has 2 aromatic rings. The van der Waals surface area contributed by atoms with Gasteiger partial charge in [0.15, 0.2) is 0 Å². The number of phenolic OH excluding ortho intramolecular Hbond substituents is 1. The van der Waals surface area contributed by atoms with Crippen LogP contribution in [0.15, 0.2) is 36.4 Å². The molecule has 7 N–H and O–H groups in total. The summed E-state index contributed by atoms with van der Waals surface area (Å²) in [5.41, 5.74) is 12.6. The number of carbonyl (C=O) groups is 2. The van der Waals surface area contributed by atoms with Crippen LogP contribution in [0.3, 0.4) is 0 Å². The van der Waals surface area contributed by atoms with Crippen LogP contribution in [0.2, 0.25) is 0 Å². The number of hydrogen-bond acceptors (Lipinski definition) is 5. The largest absolute Gasteiger partial charge is 0.508 e. The summed E-state index contributed by atoms with van der Waals surface area (Å²) in [5.74, 6) is -2.19. The summed E-state index contributed by atoms with van der Waals surface area (Å²) in [6.07, 6.45) is 0. The normalized spacial score (nSPS) is 9.50. The van der Waals surface area contributed by atoms with E-state index in [1.807, 2.05) is 6.92 Å². The molecule has 0 saturated carbocycles. The maximum atomic E-state index is 10.4. The molecule has 2 rings (SSSR count). The Hall–Kier alpha value is -3.22. The van der Waals surface area contributed by atoms with Crippen LogP contribution in [0, 0.1) is 6.92 Å². The molecule has 0 unspecified atom stereocenters. The number of nitrogens with two attached hydrogens (primary N) is 2. The average Bonchev–Trinajstić information content (AvgIpc) is 2.41. The van der Waals surface area contributed by atoms with Crippen LogP contribution in [0.4, 0.5) is 11.4 Å². The zero-order valence-corrected chi connectivity index (χ0v) is 11.8. The number of carboxylic acid groups (broad SMARTS) is 2. The SMILES string of the molecule is Cc1ccc(C(=O)O)cc1N.Nc1cc(O)cc(C(=O)O)c1. The van der Waals surface area contributed by atoms with Crippen molar-refractivity contribution in [3.63, 3.8) is 0 Å². The zero-order chi connectivity index (χ0) is 16.9. The van der Waals surface area contributed by atoms with Gasteiger partial charge in [-0.2, -0.15) is 0 Å². The number of rotatable bonds is 2. The summed E-state index contributed by atoms with van der Waals surface area (Å²) in [4.78, 5) is 20.7. The van der Waals surface area contributed by atoms with Crippen LogP contribution >= 0.6 is 0 Å². The summed E-state index contributed by atoms with van der Waals surface area (Å²) in [7, 11) is 0. The average molecular weight is 304 g/mol. The summed E-state index contributed by atoms with van der Waals surface area (Å²) >= 11 is 0. The van der Waals surface area contributed by atoms with E-state index in [1.54, 1.807) is 6.07 Å². The molecule has 116 valence electrons. The fourth-order valence-electron chi connectivity index (χ4n) is 1.53. The van der Waals surface area contributed by atoms with Gasteiger partial charge in [-0.25, -0.2) is 9.59 Å². The van der Waals surface area contributed by atoms with Gasteiger partial charge in [-0.1, -0.05) is 6.07 Å². The Labute approximate surface area is 126 Å². The fourth-order valence-corrected chi connectivity index (χ4v) is 1.53. The van der Waals surface area contributed by atoms with Crippen molar-refractivity contribution in [1.29, 1.82) is 0 Å². The minimum atomic E-state index is -1.10. The van der Waals surface area contributed by atoms with Gasteiger partial charge in [0, 0.05) is 17.4 Å². The Morgan fingerprint density at radius 1 is 0.909 bits per heavy atom. The monoisotopic (exact) mass is 304 g/mol. The second-order valence-electron chi connectivity index (χ2n) is 4.49. The van der Waals surface area contributed by atoms with E-state index in [4.69, 9.17) is 26.8 Å². The fraction of sp³-hybridized carbons (Fsp3) is 0.0667. The van der Waals surface area contributed by atoms with Crippen molar-refractivity contribution in [2.45, 2.75) is 6.92 Å². The Morgan fingerprint density at radius 2 is 1.50 bits per heavy atom. The minimum Gasteiger partial charge on any atom is -0.508 e. The lowest BCUT2D eigenvalue weighted by molar-refractivity contribution is 0.0686. The Morgan fingerprint density at radius 3 is 1.95 bits per heavy atom. The summed E-state index contributed by atoms with van der Waals surface area (Å²) < 4.78 is 0. The van der Waals surface area contributed by atoms with E-state index in [9.17, 15) is 9.59 Å². The first-order valence-electron chi connectivity index (χ1n) is 6.13. The van der Waals surface area contributed by atoms with E-state index in [1.165, 1.54) is 24.3 Å². The van der Waals surface area contributed by atoms with Gasteiger partial charge < -0.3 is 26.8 Å². The molecular formula is C15H16N2O5. The number of aromatic hydroxyl groups is 1. The van der Waals surface area contributed by atoms with Crippen molar-refractivity contribution in [3.8, 4) is 5.75 Å². The number of benzene rings is 2. The van der Waals surface area contributed by atoms with Gasteiger partial charge in [0.25, 0.3) is 0 Å². The molecule has 7 nitrogen and oxygen atoms in total. The van der Waals surface area contributed by atoms with Crippen LogP contribution in [0.25, 0.3) is 0 Å². The predicted octanol–water partition coefficient (Wildman–Crippen LogP) is 1.95. The molecule has 7 heteroatoms. The molecule has 0 atom stereocenters. The van der Waals surface area contributed by atoms with Gasteiger partial charge in [0.05, 0.1) is 11.1 Å². The van der Waals surface area contributed by atoms with Gasteiger partial charge >= 0.3 is 11.9 Å². The molecule has 0 fully saturated rings. The highest BCUT2D eigenvalue weighted by atomic mass is 16.4. The van der Waals surface area contributed by atoms with Crippen molar-refractivity contribution >= 4 is 23.3 Å². The standard InChI is InChI=1S/C8H9NO2.C7H7NO3/c1-5-2-3-6(8(10)11)4-7(5)9;8-5-1-4(7(10)11)2-6(9)3-5/h2-4H,9H2,1H3,(H,10,11);1-3,9H,8H2,(H,10,11). The molecule has 22 heavy (non-hydrogen) atoms. The third-order valence-corrected chi connectivity index (χ3v) is 2.71. The first-order valence-corrected chi connectivity index (χ1v) is 6.13. The second kappa shape index (κ2) is 6.98. The summed E-state index contributed by atoms with van der Waals surface area (Å²) in [5, 5.41) is 25.9. The van der Waals surface area contributed by atoms with E-state index >= 15 is 0 Å². The third kappa shape index (κ3) is 4.71. The number of hydrogen-bond donors (Lipinski definition) is 5. The van der Waals surface area contributed by atoms with Gasteiger partial charge in [-0.05, 0) is 36.8 Å². The van der Waals surface area contributed by atoms with Gasteiger partial charge in [-0.15, -0.1) is 0 Å². The lowest BCUT2D eigenvalue weighted by atomic mass is 10.1. The van der Waals surface area contributed by atoms with Crippen molar-refractivity contribution in [2.24, 2.45) is 0 Å². The highest BCUT2D eigenvalue weighted by Gasteiger charge is 2.04. The lowest BCUT2D eigenvalue weighted by Crippen LogP contribution is -1.98. The molecule has 0 aliphatic carbocycles. The molecule has 0 aliphatic heterocycles. The first kappa shape index (κ1) is 16.8. The van der Waals surface area contributed by atoms with Gasteiger partial charge in [0.2, 0.25) is 0 Å². The molecule has 0 amide bonds. The van der Waals surface area contributed by atoms with E-state index in [0.717, 1.165) is 11.6 Å². The van der Waals surface area contributed by atoms with Crippen LogP contribution in [-0.2, 0) is 0 Å². The molecule has 0 aliphatic rings. The van der Waals surface area contributed by atoms with E-state index in [-0.39, 0.29) is 22.6 Å². The highest BCUT2D eigenvalue weighted by molar-refractivity contribution is 5.89.